The van der Waals surface area contributed by atoms with Crippen molar-refractivity contribution in [2.24, 2.45) is 5.14 Å². The van der Waals surface area contributed by atoms with Gasteiger partial charge in [0.25, 0.3) is 0 Å². The van der Waals surface area contributed by atoms with E-state index in [2.05, 4.69) is 0 Å². The standard InChI is InChI=1S/C21H18F3NO4S/c1-28-19-10-5-14(11-20(19)29-2)17-9-6-15(21(22,23)24)12-18(17)13-3-7-16(8-4-13)30(25,26)27/h3-12H,1-2H3,(H2,25,26,27). The maximum Gasteiger partial charge on any atom is 0.416 e. The SMILES string of the molecule is COc1ccc(-c2ccc(C(F)(F)F)cc2-c2ccc(S(N)(=O)=O)cc2)cc1OC. The van der Waals surface area contributed by atoms with Crippen LogP contribution in [0.5, 0.6) is 11.5 Å². The van der Waals surface area contributed by atoms with Gasteiger partial charge in [0.05, 0.1) is 24.7 Å². The van der Waals surface area contributed by atoms with Crippen LogP contribution in [0, 0.1) is 0 Å². The van der Waals surface area contributed by atoms with Crippen LogP contribution >= 0.6 is 0 Å². The van der Waals surface area contributed by atoms with Gasteiger partial charge < -0.3 is 9.47 Å². The predicted molar refractivity (Wildman–Crippen MR) is 107 cm³/mol. The van der Waals surface area contributed by atoms with Gasteiger partial charge in [-0.1, -0.05) is 24.3 Å². The number of sulfonamides is 1. The molecule has 0 heterocycles. The van der Waals surface area contributed by atoms with Gasteiger partial charge in [0.1, 0.15) is 0 Å². The van der Waals surface area contributed by atoms with E-state index in [0.717, 1.165) is 12.1 Å². The minimum absolute atomic E-state index is 0.133. The summed E-state index contributed by atoms with van der Waals surface area (Å²) in [4.78, 5) is -0.133. The lowest BCUT2D eigenvalue weighted by atomic mass is 9.92. The van der Waals surface area contributed by atoms with E-state index in [-0.39, 0.29) is 10.5 Å². The Bertz CT molecular complexity index is 1170. The van der Waals surface area contributed by atoms with Crippen LogP contribution in [-0.2, 0) is 16.2 Å². The molecule has 0 aliphatic rings. The number of rotatable bonds is 5. The largest absolute Gasteiger partial charge is 0.493 e. The monoisotopic (exact) mass is 437 g/mol. The molecule has 9 heteroatoms. The van der Waals surface area contributed by atoms with Gasteiger partial charge >= 0.3 is 6.18 Å². The molecule has 0 aliphatic heterocycles. The fourth-order valence-electron chi connectivity index (χ4n) is 3.04. The summed E-state index contributed by atoms with van der Waals surface area (Å²) >= 11 is 0. The maximum atomic E-state index is 13.3. The quantitative estimate of drug-likeness (QED) is 0.627. The highest BCUT2D eigenvalue weighted by molar-refractivity contribution is 7.89. The summed E-state index contributed by atoms with van der Waals surface area (Å²) in [7, 11) is -0.983. The van der Waals surface area contributed by atoms with Crippen molar-refractivity contribution in [2.75, 3.05) is 14.2 Å². The first-order chi connectivity index (χ1) is 14.0. The highest BCUT2D eigenvalue weighted by Crippen LogP contribution is 2.40. The van der Waals surface area contributed by atoms with E-state index in [4.69, 9.17) is 14.6 Å². The van der Waals surface area contributed by atoms with Crippen molar-refractivity contribution >= 4 is 10.0 Å². The van der Waals surface area contributed by atoms with Crippen LogP contribution in [0.3, 0.4) is 0 Å². The minimum Gasteiger partial charge on any atom is -0.493 e. The van der Waals surface area contributed by atoms with E-state index in [1.165, 1.54) is 44.6 Å². The molecule has 0 unspecified atom stereocenters. The molecule has 3 aromatic carbocycles. The summed E-state index contributed by atoms with van der Waals surface area (Å²) in [5.41, 5.74) is 0.966. The molecule has 0 spiro atoms. The third kappa shape index (κ3) is 4.42. The number of ether oxygens (including phenoxy) is 2. The third-order valence-electron chi connectivity index (χ3n) is 4.54. The fourth-order valence-corrected chi connectivity index (χ4v) is 3.55. The van der Waals surface area contributed by atoms with Gasteiger partial charge in [0.15, 0.2) is 11.5 Å². The molecule has 158 valence electrons. The van der Waals surface area contributed by atoms with Crippen LogP contribution in [-0.4, -0.2) is 22.6 Å². The van der Waals surface area contributed by atoms with Crippen molar-refractivity contribution in [1.82, 2.24) is 0 Å². The molecule has 0 aromatic heterocycles. The zero-order valence-corrected chi connectivity index (χ0v) is 16.8. The van der Waals surface area contributed by atoms with Crippen LogP contribution in [0.4, 0.5) is 13.2 Å². The van der Waals surface area contributed by atoms with E-state index in [9.17, 15) is 21.6 Å². The van der Waals surface area contributed by atoms with Gasteiger partial charge in [-0.2, -0.15) is 13.2 Å². The number of halogens is 3. The molecule has 0 atom stereocenters. The Morgan fingerprint density at radius 1 is 0.767 bits per heavy atom. The number of alkyl halides is 3. The predicted octanol–water partition coefficient (Wildman–Crippen LogP) is 4.70. The lowest BCUT2D eigenvalue weighted by Gasteiger charge is -2.16. The first-order valence-corrected chi connectivity index (χ1v) is 10.2. The van der Waals surface area contributed by atoms with E-state index < -0.39 is 21.8 Å². The number of hydrogen-bond acceptors (Lipinski definition) is 4. The molecule has 30 heavy (non-hydrogen) atoms. The first kappa shape index (κ1) is 21.7. The average Bonchev–Trinajstić information content (AvgIpc) is 2.71. The molecule has 5 nitrogen and oxygen atoms in total. The zero-order chi connectivity index (χ0) is 22.1. The normalized spacial score (nSPS) is 11.9. The van der Waals surface area contributed by atoms with E-state index >= 15 is 0 Å². The van der Waals surface area contributed by atoms with Crippen LogP contribution in [0.25, 0.3) is 22.3 Å². The van der Waals surface area contributed by atoms with E-state index in [0.29, 0.717) is 28.2 Å². The van der Waals surface area contributed by atoms with Crippen molar-refractivity contribution in [1.29, 1.82) is 0 Å². The van der Waals surface area contributed by atoms with Gasteiger partial charge in [-0.3, -0.25) is 0 Å². The van der Waals surface area contributed by atoms with Gasteiger partial charge in [0, 0.05) is 0 Å². The molecule has 3 rings (SSSR count). The van der Waals surface area contributed by atoms with Gasteiger partial charge in [-0.25, -0.2) is 13.6 Å². The molecular weight excluding hydrogens is 419 g/mol. The molecule has 0 aliphatic carbocycles. The number of primary sulfonamides is 1. The Labute approximate surface area is 171 Å². The van der Waals surface area contributed by atoms with Gasteiger partial charge in [-0.05, 0) is 58.7 Å². The Morgan fingerprint density at radius 2 is 1.37 bits per heavy atom. The average molecular weight is 437 g/mol. The van der Waals surface area contributed by atoms with Crippen LogP contribution < -0.4 is 14.6 Å². The second-order valence-corrected chi connectivity index (χ2v) is 7.96. The summed E-state index contributed by atoms with van der Waals surface area (Å²) in [5, 5.41) is 5.10. The molecule has 0 radical (unpaired) electrons. The van der Waals surface area contributed by atoms with Crippen molar-refractivity contribution in [3.05, 3.63) is 66.2 Å². The molecule has 0 bridgehead atoms. The lowest BCUT2D eigenvalue weighted by Crippen LogP contribution is -2.11. The van der Waals surface area contributed by atoms with E-state index in [1.54, 1.807) is 18.2 Å². The Kier molecular flexibility index (Phi) is 5.78. The second-order valence-electron chi connectivity index (χ2n) is 6.40. The van der Waals surface area contributed by atoms with Gasteiger partial charge in [0.2, 0.25) is 10.0 Å². The van der Waals surface area contributed by atoms with Crippen molar-refractivity contribution in [3.8, 4) is 33.8 Å². The fraction of sp³-hybridized carbons (Fsp3) is 0.143. The zero-order valence-electron chi connectivity index (χ0n) is 16.0. The highest BCUT2D eigenvalue weighted by Gasteiger charge is 2.31. The molecule has 0 saturated heterocycles. The Balaban J connectivity index is 2.22. The van der Waals surface area contributed by atoms with Crippen molar-refractivity contribution in [3.63, 3.8) is 0 Å². The summed E-state index contributed by atoms with van der Waals surface area (Å²) in [6, 6.07) is 13.7. The summed E-state index contributed by atoms with van der Waals surface area (Å²) in [5.74, 6) is 0.901. The van der Waals surface area contributed by atoms with Crippen molar-refractivity contribution < 1.29 is 31.1 Å². The Hall–Kier alpha value is -3.04. The minimum atomic E-state index is -4.54. The number of hydrogen-bond donors (Lipinski definition) is 1. The number of nitrogens with two attached hydrogens (primary N) is 1. The molecule has 2 N–H and O–H groups in total. The molecular formula is C21H18F3NO4S. The molecule has 0 fully saturated rings. The van der Waals surface area contributed by atoms with Crippen LogP contribution in [0.2, 0.25) is 0 Å². The van der Waals surface area contributed by atoms with Gasteiger partial charge in [-0.15, -0.1) is 0 Å². The smallest absolute Gasteiger partial charge is 0.416 e. The maximum absolute atomic E-state index is 13.3. The Morgan fingerprint density at radius 3 is 1.90 bits per heavy atom. The number of benzene rings is 3. The highest BCUT2D eigenvalue weighted by atomic mass is 32.2. The summed E-state index contributed by atoms with van der Waals surface area (Å²) in [6.45, 7) is 0. The van der Waals surface area contributed by atoms with Crippen molar-refractivity contribution in [2.45, 2.75) is 11.1 Å². The third-order valence-corrected chi connectivity index (χ3v) is 5.46. The molecule has 0 saturated carbocycles. The molecule has 0 amide bonds. The summed E-state index contributed by atoms with van der Waals surface area (Å²) in [6.07, 6.45) is -4.54. The number of methoxy groups -OCH3 is 2. The summed E-state index contributed by atoms with van der Waals surface area (Å²) < 4.78 is 73.4. The first-order valence-electron chi connectivity index (χ1n) is 8.61. The van der Waals surface area contributed by atoms with Crippen LogP contribution in [0.1, 0.15) is 5.56 Å². The topological polar surface area (TPSA) is 78.6 Å². The molecule has 3 aromatic rings. The van der Waals surface area contributed by atoms with Crippen LogP contribution in [0.15, 0.2) is 65.6 Å². The van der Waals surface area contributed by atoms with E-state index in [1.807, 2.05) is 0 Å². The second kappa shape index (κ2) is 8.00. The lowest BCUT2D eigenvalue weighted by molar-refractivity contribution is -0.137.